The summed E-state index contributed by atoms with van der Waals surface area (Å²) < 4.78 is 7.08. The van der Waals surface area contributed by atoms with Gasteiger partial charge in [-0.05, 0) is 93.6 Å². The predicted molar refractivity (Wildman–Crippen MR) is 187 cm³/mol. The van der Waals surface area contributed by atoms with E-state index in [9.17, 15) is 10.0 Å². The molecule has 1 atom stereocenters. The quantitative estimate of drug-likeness (QED) is 0.0701. The number of aryl methyl sites for hydroxylation is 2. The van der Waals surface area contributed by atoms with Crippen molar-refractivity contribution in [3.05, 3.63) is 103 Å². The maximum atomic E-state index is 13.0. The Morgan fingerprint density at radius 1 is 1.00 bits per heavy atom. The number of pyridine rings is 2. The van der Waals surface area contributed by atoms with Gasteiger partial charge in [-0.2, -0.15) is 0 Å². The van der Waals surface area contributed by atoms with Gasteiger partial charge in [0.15, 0.2) is 11.3 Å². The number of nitrogens with zero attached hydrogens (tertiary/aromatic N) is 5. The summed E-state index contributed by atoms with van der Waals surface area (Å²) in [5.41, 5.74) is 3.80. The molecule has 0 aliphatic carbocycles. The minimum absolute atomic E-state index is 0.00796. The lowest BCUT2D eigenvalue weighted by Crippen LogP contribution is -2.43. The number of hydrogen-bond donors (Lipinski definition) is 3. The molecule has 0 saturated carbocycles. The molecule has 248 valence electrons. The Bertz CT molecular complexity index is 1800. The van der Waals surface area contributed by atoms with Crippen molar-refractivity contribution in [2.75, 3.05) is 43.4 Å². The summed E-state index contributed by atoms with van der Waals surface area (Å²) >= 11 is 0. The number of fused-ring (bicyclic) bond motifs is 2. The van der Waals surface area contributed by atoms with Gasteiger partial charge in [0, 0.05) is 44.1 Å². The van der Waals surface area contributed by atoms with Gasteiger partial charge >= 0.3 is 5.82 Å². The lowest BCUT2D eigenvalue weighted by atomic mass is 10.1. The van der Waals surface area contributed by atoms with Crippen molar-refractivity contribution < 1.29 is 19.5 Å². The van der Waals surface area contributed by atoms with E-state index in [1.165, 1.54) is 5.56 Å². The molecule has 0 radical (unpaired) electrons. The van der Waals surface area contributed by atoms with Gasteiger partial charge in [-0.15, -0.1) is 0 Å². The third-order valence-corrected chi connectivity index (χ3v) is 8.78. The van der Waals surface area contributed by atoms with Gasteiger partial charge in [0.25, 0.3) is 5.82 Å². The van der Waals surface area contributed by atoms with Gasteiger partial charge < -0.3 is 15.3 Å². The van der Waals surface area contributed by atoms with Crippen molar-refractivity contribution in [3.8, 4) is 17.1 Å². The van der Waals surface area contributed by atoms with Crippen LogP contribution in [0, 0.1) is 0 Å². The van der Waals surface area contributed by atoms with E-state index < -0.39 is 6.04 Å². The zero-order valence-corrected chi connectivity index (χ0v) is 27.5. The summed E-state index contributed by atoms with van der Waals surface area (Å²) in [4.78, 5) is 29.2. The monoisotopic (exact) mass is 646 g/mol. The normalized spacial score (nSPS) is 13.1. The number of carbonyl (C=O) groups is 1. The summed E-state index contributed by atoms with van der Waals surface area (Å²) in [5, 5.41) is 18.9. The predicted octanol–water partition coefficient (Wildman–Crippen LogP) is 5.74. The SMILES string of the molecule is CC(=O)C(CCN(CCCCc1ccc2c(n1)NCCC2)CCOc1ccccc1)Nc1c2ccccc2nc(-c2cccnc2)[n+]1O. The molecular formula is C38H44N7O3+. The number of carbonyl (C=O) groups excluding carboxylic acids is 1. The molecule has 0 saturated heterocycles. The Hall–Kier alpha value is -5.09. The summed E-state index contributed by atoms with van der Waals surface area (Å²) in [6.45, 7) is 5.40. The Balaban J connectivity index is 1.13. The minimum Gasteiger partial charge on any atom is -0.492 e. The van der Waals surface area contributed by atoms with Gasteiger partial charge in [0.2, 0.25) is 0 Å². The third-order valence-electron chi connectivity index (χ3n) is 8.78. The first kappa shape index (κ1) is 32.8. The second-order valence-corrected chi connectivity index (χ2v) is 12.3. The number of ketones is 1. The summed E-state index contributed by atoms with van der Waals surface area (Å²) in [7, 11) is 0. The number of anilines is 2. The summed E-state index contributed by atoms with van der Waals surface area (Å²) in [5.74, 6) is 2.64. The molecule has 6 rings (SSSR count). The Kier molecular flexibility index (Phi) is 11.0. The van der Waals surface area contributed by atoms with Crippen LogP contribution in [0.2, 0.25) is 0 Å². The lowest BCUT2D eigenvalue weighted by Gasteiger charge is -2.24. The lowest BCUT2D eigenvalue weighted by molar-refractivity contribution is -0.885. The van der Waals surface area contributed by atoms with Crippen molar-refractivity contribution in [2.24, 2.45) is 0 Å². The van der Waals surface area contributed by atoms with Crippen LogP contribution in [0.25, 0.3) is 22.3 Å². The molecule has 0 spiro atoms. The van der Waals surface area contributed by atoms with Crippen molar-refractivity contribution >= 4 is 28.3 Å². The average Bonchev–Trinajstić information content (AvgIpc) is 3.12. The number of benzene rings is 2. The smallest absolute Gasteiger partial charge is 0.309 e. The topological polar surface area (TPSA) is 116 Å². The fraction of sp³-hybridized carbons (Fsp3) is 0.342. The molecule has 0 bridgehead atoms. The molecule has 3 aromatic heterocycles. The van der Waals surface area contributed by atoms with E-state index in [1.807, 2.05) is 60.7 Å². The molecule has 10 heteroatoms. The second kappa shape index (κ2) is 16.1. The zero-order chi connectivity index (χ0) is 33.1. The van der Waals surface area contributed by atoms with E-state index in [-0.39, 0.29) is 5.78 Å². The van der Waals surface area contributed by atoms with E-state index in [0.29, 0.717) is 42.3 Å². The van der Waals surface area contributed by atoms with Gasteiger partial charge in [-0.3, -0.25) is 20.0 Å². The third kappa shape index (κ3) is 8.43. The highest BCUT2D eigenvalue weighted by Crippen LogP contribution is 2.24. The van der Waals surface area contributed by atoms with Crippen LogP contribution in [0.5, 0.6) is 5.75 Å². The second-order valence-electron chi connectivity index (χ2n) is 12.3. The van der Waals surface area contributed by atoms with Gasteiger partial charge in [0.05, 0.1) is 10.9 Å². The number of unbranched alkanes of at least 4 members (excludes halogenated alkanes) is 1. The van der Waals surface area contributed by atoms with Crippen molar-refractivity contribution in [1.82, 2.24) is 19.9 Å². The molecule has 5 aromatic rings. The number of aromatic nitrogens is 4. The fourth-order valence-corrected chi connectivity index (χ4v) is 6.12. The number of rotatable bonds is 16. The Morgan fingerprint density at radius 2 is 1.85 bits per heavy atom. The zero-order valence-electron chi connectivity index (χ0n) is 27.5. The summed E-state index contributed by atoms with van der Waals surface area (Å²) in [6, 6.07) is 24.9. The van der Waals surface area contributed by atoms with Crippen LogP contribution in [0.15, 0.2) is 91.3 Å². The molecule has 3 N–H and O–H groups in total. The van der Waals surface area contributed by atoms with E-state index in [2.05, 4.69) is 32.7 Å². The van der Waals surface area contributed by atoms with E-state index in [1.54, 1.807) is 25.4 Å². The highest BCUT2D eigenvalue weighted by Gasteiger charge is 2.27. The highest BCUT2D eigenvalue weighted by molar-refractivity contribution is 5.91. The van der Waals surface area contributed by atoms with Gasteiger partial charge in [-0.1, -0.05) is 46.1 Å². The first-order valence-corrected chi connectivity index (χ1v) is 16.9. The molecule has 0 fully saturated rings. The molecule has 10 nitrogen and oxygen atoms in total. The molecule has 0 amide bonds. The summed E-state index contributed by atoms with van der Waals surface area (Å²) in [6.07, 6.45) is 9.07. The van der Waals surface area contributed by atoms with Crippen molar-refractivity contribution in [1.29, 1.82) is 0 Å². The largest absolute Gasteiger partial charge is 0.492 e. The number of Topliss-reactive ketones (excluding diaryl/α,β-unsaturated/α-hetero) is 1. The molecule has 2 aromatic carbocycles. The van der Waals surface area contributed by atoms with Crippen molar-refractivity contribution in [3.63, 3.8) is 0 Å². The molecule has 1 aliphatic heterocycles. The van der Waals surface area contributed by atoms with E-state index >= 15 is 0 Å². The highest BCUT2D eigenvalue weighted by atomic mass is 16.5. The van der Waals surface area contributed by atoms with Crippen LogP contribution < -0.4 is 20.1 Å². The minimum atomic E-state index is -0.527. The number of ether oxygens (including phenoxy) is 1. The molecule has 1 aliphatic rings. The van der Waals surface area contributed by atoms with E-state index in [4.69, 9.17) is 14.7 Å². The fourth-order valence-electron chi connectivity index (χ4n) is 6.12. The van der Waals surface area contributed by atoms with Gasteiger partial charge in [0.1, 0.15) is 24.2 Å². The van der Waals surface area contributed by atoms with Gasteiger partial charge in [-0.25, -0.2) is 4.98 Å². The number of nitrogens with one attached hydrogen (secondary N) is 2. The van der Waals surface area contributed by atoms with Crippen LogP contribution in [0.1, 0.15) is 43.9 Å². The van der Waals surface area contributed by atoms with Crippen LogP contribution >= 0.6 is 0 Å². The first-order chi connectivity index (χ1) is 23.5. The van der Waals surface area contributed by atoms with Crippen LogP contribution in [0.3, 0.4) is 0 Å². The maximum Gasteiger partial charge on any atom is 0.309 e. The van der Waals surface area contributed by atoms with Crippen LogP contribution in [-0.2, 0) is 17.6 Å². The molecule has 48 heavy (non-hydrogen) atoms. The Labute approximate surface area is 281 Å². The van der Waals surface area contributed by atoms with Crippen LogP contribution in [-0.4, -0.2) is 69.7 Å². The molecule has 4 heterocycles. The standard InChI is InChI=1S/C38H43N7O3/c1-28(46)34(42-38-33-16-5-6-17-35(33)43-37(45(38)47)30-12-9-21-39-27-30)20-24-44(25-26-48-32-14-3-2-4-15-32)23-8-7-13-31-19-18-29-11-10-22-40-36(29)41-31/h2-6,9,12,14-19,21,27,34,47H,7-8,10-11,13,20,22-26H2,1H3,(H,40,41)/p+1. The maximum absolute atomic E-state index is 13.0. The first-order valence-electron chi connectivity index (χ1n) is 16.9. The van der Waals surface area contributed by atoms with Crippen LogP contribution in [0.4, 0.5) is 11.6 Å². The molecular weight excluding hydrogens is 602 g/mol. The van der Waals surface area contributed by atoms with E-state index in [0.717, 1.165) is 79.1 Å². The van der Waals surface area contributed by atoms with Crippen molar-refractivity contribution in [2.45, 2.75) is 51.5 Å². The molecule has 1 unspecified atom stereocenters. The average molecular weight is 647 g/mol. The number of hydrogen-bond acceptors (Lipinski definition) is 9. The number of para-hydroxylation sites is 2. The Morgan fingerprint density at radius 3 is 2.69 bits per heavy atom.